The Balaban J connectivity index is 2.46. The Kier molecular flexibility index (Phi) is 8.33. The van der Waals surface area contributed by atoms with Crippen molar-refractivity contribution in [3.05, 3.63) is 77.1 Å². The molecule has 0 amide bonds. The van der Waals surface area contributed by atoms with Crippen LogP contribution in [0.3, 0.4) is 0 Å². The standard InChI is InChI=1S/C28H32O7/c1-5-33-23-16-12-11-15-20(23)25-24(26(31)34-6-2)22(30)17-21(19-13-9-8-10-14-19)28(25,18(4)29)27(32)35-7-3/h8-16,21,25,30H,5-7,17H2,1-4H3. The Morgan fingerprint density at radius 1 is 0.914 bits per heavy atom. The van der Waals surface area contributed by atoms with Gasteiger partial charge in [-0.05, 0) is 39.3 Å². The van der Waals surface area contributed by atoms with Crippen LogP contribution in [0.1, 0.15) is 57.1 Å². The van der Waals surface area contributed by atoms with E-state index in [1.807, 2.05) is 13.0 Å². The van der Waals surface area contributed by atoms with Crippen LogP contribution in [0.25, 0.3) is 0 Å². The van der Waals surface area contributed by atoms with Gasteiger partial charge in [-0.25, -0.2) is 4.79 Å². The smallest absolute Gasteiger partial charge is 0.338 e. The first-order chi connectivity index (χ1) is 16.8. The maximum Gasteiger partial charge on any atom is 0.338 e. The van der Waals surface area contributed by atoms with E-state index in [9.17, 15) is 19.5 Å². The highest BCUT2D eigenvalue weighted by Crippen LogP contribution is 2.59. The van der Waals surface area contributed by atoms with Crippen LogP contribution in [0.4, 0.5) is 0 Å². The van der Waals surface area contributed by atoms with Crippen molar-refractivity contribution in [2.75, 3.05) is 19.8 Å². The second kappa shape index (κ2) is 11.2. The van der Waals surface area contributed by atoms with E-state index in [1.165, 1.54) is 6.92 Å². The molecule has 2 aromatic carbocycles. The van der Waals surface area contributed by atoms with Gasteiger partial charge in [-0.2, -0.15) is 0 Å². The van der Waals surface area contributed by atoms with Crippen LogP contribution >= 0.6 is 0 Å². The molecule has 7 heteroatoms. The molecule has 0 radical (unpaired) electrons. The van der Waals surface area contributed by atoms with E-state index in [2.05, 4.69) is 0 Å². The number of para-hydroxylation sites is 1. The summed E-state index contributed by atoms with van der Waals surface area (Å²) in [5, 5.41) is 11.3. The average molecular weight is 481 g/mol. The first kappa shape index (κ1) is 26.0. The maximum atomic E-state index is 13.9. The van der Waals surface area contributed by atoms with E-state index in [0.29, 0.717) is 23.5 Å². The van der Waals surface area contributed by atoms with E-state index >= 15 is 0 Å². The number of ketones is 1. The quantitative estimate of drug-likeness (QED) is 0.404. The molecule has 0 saturated carbocycles. The van der Waals surface area contributed by atoms with Crippen LogP contribution in [0.2, 0.25) is 0 Å². The minimum Gasteiger partial charge on any atom is -0.512 e. The van der Waals surface area contributed by atoms with Gasteiger partial charge in [0.25, 0.3) is 0 Å². The van der Waals surface area contributed by atoms with Crippen molar-refractivity contribution in [2.24, 2.45) is 5.41 Å². The van der Waals surface area contributed by atoms with Gasteiger partial charge in [0.1, 0.15) is 22.7 Å². The van der Waals surface area contributed by atoms with Crippen LogP contribution in [-0.2, 0) is 23.9 Å². The first-order valence-electron chi connectivity index (χ1n) is 11.9. The Hall–Kier alpha value is -3.61. The molecule has 1 N–H and O–H groups in total. The Morgan fingerprint density at radius 2 is 1.54 bits per heavy atom. The van der Waals surface area contributed by atoms with Crippen molar-refractivity contribution in [1.29, 1.82) is 0 Å². The SMILES string of the molecule is CCOC(=O)C1=C(O)CC(c2ccccc2)C(C(C)=O)(C(=O)OCC)C1c1ccccc1OCC. The van der Waals surface area contributed by atoms with Crippen LogP contribution in [0.15, 0.2) is 65.9 Å². The molecule has 0 heterocycles. The fourth-order valence-corrected chi connectivity index (χ4v) is 5.08. The summed E-state index contributed by atoms with van der Waals surface area (Å²) in [6.07, 6.45) is -0.107. The van der Waals surface area contributed by atoms with Crippen molar-refractivity contribution in [1.82, 2.24) is 0 Å². The average Bonchev–Trinajstić information content (AvgIpc) is 2.84. The number of aliphatic hydroxyl groups is 1. The third-order valence-corrected chi connectivity index (χ3v) is 6.42. The number of esters is 2. The van der Waals surface area contributed by atoms with Crippen molar-refractivity contribution >= 4 is 17.7 Å². The molecular weight excluding hydrogens is 448 g/mol. The van der Waals surface area contributed by atoms with Gasteiger partial charge < -0.3 is 19.3 Å². The Morgan fingerprint density at radius 3 is 2.14 bits per heavy atom. The number of carbonyl (C=O) groups is 3. The number of carbonyl (C=O) groups excluding carboxylic acids is 3. The molecule has 3 unspecified atom stereocenters. The van der Waals surface area contributed by atoms with Gasteiger partial charge in [0, 0.05) is 23.8 Å². The molecule has 0 bridgehead atoms. The molecule has 2 aromatic rings. The van der Waals surface area contributed by atoms with Gasteiger partial charge in [0.15, 0.2) is 0 Å². The Bertz CT molecular complexity index is 1110. The van der Waals surface area contributed by atoms with Crippen LogP contribution < -0.4 is 4.74 Å². The number of hydrogen-bond acceptors (Lipinski definition) is 7. The predicted molar refractivity (Wildman–Crippen MR) is 130 cm³/mol. The van der Waals surface area contributed by atoms with Crippen molar-refractivity contribution in [3.8, 4) is 5.75 Å². The molecule has 186 valence electrons. The normalized spacial score (nSPS) is 21.8. The monoisotopic (exact) mass is 480 g/mol. The number of benzene rings is 2. The third kappa shape index (κ3) is 4.67. The molecule has 0 aromatic heterocycles. The summed E-state index contributed by atoms with van der Waals surface area (Å²) >= 11 is 0. The summed E-state index contributed by atoms with van der Waals surface area (Å²) in [4.78, 5) is 40.9. The molecule has 35 heavy (non-hydrogen) atoms. The molecular formula is C28H32O7. The van der Waals surface area contributed by atoms with E-state index in [-0.39, 0.29) is 31.0 Å². The van der Waals surface area contributed by atoms with Crippen LogP contribution in [-0.4, -0.2) is 42.6 Å². The number of aliphatic hydroxyl groups excluding tert-OH is 1. The highest BCUT2D eigenvalue weighted by atomic mass is 16.5. The first-order valence-corrected chi connectivity index (χ1v) is 11.9. The minimum atomic E-state index is -1.85. The van der Waals surface area contributed by atoms with E-state index in [0.717, 1.165) is 0 Å². The molecule has 3 atom stereocenters. The second-order valence-corrected chi connectivity index (χ2v) is 8.30. The highest BCUT2D eigenvalue weighted by molar-refractivity contribution is 6.08. The van der Waals surface area contributed by atoms with E-state index < -0.39 is 35.0 Å². The van der Waals surface area contributed by atoms with Gasteiger partial charge in [-0.15, -0.1) is 0 Å². The summed E-state index contributed by atoms with van der Waals surface area (Å²) in [5.74, 6) is -3.84. The molecule has 7 nitrogen and oxygen atoms in total. The molecule has 0 saturated heterocycles. The van der Waals surface area contributed by atoms with Gasteiger partial charge in [0.05, 0.1) is 25.4 Å². The number of rotatable bonds is 9. The fourth-order valence-electron chi connectivity index (χ4n) is 5.08. The van der Waals surface area contributed by atoms with Gasteiger partial charge in [-0.3, -0.25) is 9.59 Å². The van der Waals surface area contributed by atoms with E-state index in [4.69, 9.17) is 14.2 Å². The lowest BCUT2D eigenvalue weighted by Crippen LogP contribution is -2.53. The lowest BCUT2D eigenvalue weighted by Gasteiger charge is -2.46. The lowest BCUT2D eigenvalue weighted by atomic mass is 9.54. The molecule has 0 aliphatic heterocycles. The summed E-state index contributed by atoms with van der Waals surface area (Å²) < 4.78 is 16.7. The maximum absolute atomic E-state index is 13.9. The molecule has 0 fully saturated rings. The summed E-state index contributed by atoms with van der Waals surface area (Å²) in [5.41, 5.74) is -0.884. The Labute approximate surface area is 205 Å². The molecule has 3 rings (SSSR count). The second-order valence-electron chi connectivity index (χ2n) is 8.30. The number of allylic oxidation sites excluding steroid dienone is 1. The van der Waals surface area contributed by atoms with Crippen molar-refractivity contribution < 1.29 is 33.7 Å². The zero-order chi connectivity index (χ0) is 25.6. The summed E-state index contributed by atoms with van der Waals surface area (Å²) in [6, 6.07) is 15.9. The number of Topliss-reactive ketones (excluding diaryl/α,β-unsaturated/α-hetero) is 1. The zero-order valence-electron chi connectivity index (χ0n) is 20.6. The molecule has 1 aliphatic rings. The minimum absolute atomic E-state index is 0.0413. The van der Waals surface area contributed by atoms with Gasteiger partial charge in [-0.1, -0.05) is 48.5 Å². The summed E-state index contributed by atoms with van der Waals surface area (Å²) in [7, 11) is 0. The largest absolute Gasteiger partial charge is 0.512 e. The zero-order valence-corrected chi connectivity index (χ0v) is 20.6. The van der Waals surface area contributed by atoms with Gasteiger partial charge in [0.2, 0.25) is 0 Å². The van der Waals surface area contributed by atoms with E-state index in [1.54, 1.807) is 62.4 Å². The molecule has 1 aliphatic carbocycles. The van der Waals surface area contributed by atoms with Crippen molar-refractivity contribution in [3.63, 3.8) is 0 Å². The van der Waals surface area contributed by atoms with Crippen molar-refractivity contribution in [2.45, 2.75) is 46.0 Å². The third-order valence-electron chi connectivity index (χ3n) is 6.42. The number of hydrogen-bond donors (Lipinski definition) is 1. The van der Waals surface area contributed by atoms with Crippen LogP contribution in [0, 0.1) is 5.41 Å². The fraction of sp³-hybridized carbons (Fsp3) is 0.393. The van der Waals surface area contributed by atoms with Gasteiger partial charge >= 0.3 is 11.9 Å². The topological polar surface area (TPSA) is 99.1 Å². The summed E-state index contributed by atoms with van der Waals surface area (Å²) in [6.45, 7) is 6.88. The highest BCUT2D eigenvalue weighted by Gasteiger charge is 2.63. The number of ether oxygens (including phenoxy) is 3. The molecule has 0 spiro atoms. The van der Waals surface area contributed by atoms with Crippen LogP contribution in [0.5, 0.6) is 5.75 Å². The predicted octanol–water partition coefficient (Wildman–Crippen LogP) is 4.87. The lowest BCUT2D eigenvalue weighted by molar-refractivity contribution is -0.164.